The van der Waals surface area contributed by atoms with Crippen LogP contribution in [0.5, 0.6) is 11.5 Å². The average molecular weight is 276 g/mol. The van der Waals surface area contributed by atoms with E-state index < -0.39 is 0 Å². The second-order valence-corrected chi connectivity index (χ2v) is 4.99. The Hall–Kier alpha value is -1.51. The SMILES string of the molecule is CNC(C)c1ccccc1Oc1cc(C)ccc1Cl. The van der Waals surface area contributed by atoms with Crippen molar-refractivity contribution in [3.05, 3.63) is 58.6 Å². The molecule has 1 atom stereocenters. The van der Waals surface area contributed by atoms with Gasteiger partial charge in [0, 0.05) is 11.6 Å². The fourth-order valence-corrected chi connectivity index (χ4v) is 2.05. The number of para-hydroxylation sites is 1. The molecule has 2 nitrogen and oxygen atoms in total. The van der Waals surface area contributed by atoms with Crippen LogP contribution in [0.15, 0.2) is 42.5 Å². The van der Waals surface area contributed by atoms with Gasteiger partial charge in [-0.05, 0) is 44.7 Å². The van der Waals surface area contributed by atoms with Gasteiger partial charge in [0.2, 0.25) is 0 Å². The number of nitrogens with one attached hydrogen (secondary N) is 1. The lowest BCUT2D eigenvalue weighted by Gasteiger charge is -2.17. The molecule has 19 heavy (non-hydrogen) atoms. The van der Waals surface area contributed by atoms with E-state index in [1.54, 1.807) is 0 Å². The molecule has 0 saturated carbocycles. The quantitative estimate of drug-likeness (QED) is 0.872. The Balaban J connectivity index is 2.35. The molecule has 0 saturated heterocycles. The standard InChI is InChI=1S/C16H18ClNO/c1-11-8-9-14(17)16(10-11)19-15-7-5-4-6-13(15)12(2)18-3/h4-10,12,18H,1-3H3. The van der Waals surface area contributed by atoms with E-state index in [1.807, 2.05) is 50.4 Å². The molecule has 0 spiro atoms. The molecule has 0 bridgehead atoms. The maximum atomic E-state index is 6.17. The molecule has 0 aliphatic rings. The Kier molecular flexibility index (Phi) is 4.46. The zero-order valence-electron chi connectivity index (χ0n) is 11.4. The van der Waals surface area contributed by atoms with Gasteiger partial charge in [0.25, 0.3) is 0 Å². The van der Waals surface area contributed by atoms with E-state index in [4.69, 9.17) is 16.3 Å². The largest absolute Gasteiger partial charge is 0.455 e. The first kappa shape index (κ1) is 13.9. The molecule has 0 heterocycles. The molecule has 2 aromatic carbocycles. The van der Waals surface area contributed by atoms with Crippen LogP contribution in [0.2, 0.25) is 5.02 Å². The fourth-order valence-electron chi connectivity index (χ4n) is 1.89. The Morgan fingerprint density at radius 1 is 1.11 bits per heavy atom. The number of ether oxygens (including phenoxy) is 1. The summed E-state index contributed by atoms with van der Waals surface area (Å²) in [6.07, 6.45) is 0. The Morgan fingerprint density at radius 3 is 2.58 bits per heavy atom. The number of aryl methyl sites for hydroxylation is 1. The second kappa shape index (κ2) is 6.09. The van der Waals surface area contributed by atoms with Gasteiger partial charge >= 0.3 is 0 Å². The highest BCUT2D eigenvalue weighted by molar-refractivity contribution is 6.32. The van der Waals surface area contributed by atoms with E-state index in [1.165, 1.54) is 0 Å². The van der Waals surface area contributed by atoms with E-state index >= 15 is 0 Å². The molecule has 0 fully saturated rings. The van der Waals surface area contributed by atoms with Gasteiger partial charge in [0.05, 0.1) is 5.02 Å². The summed E-state index contributed by atoms with van der Waals surface area (Å²) in [6, 6.07) is 14.0. The molecule has 0 radical (unpaired) electrons. The van der Waals surface area contributed by atoms with Crippen molar-refractivity contribution in [3.8, 4) is 11.5 Å². The van der Waals surface area contributed by atoms with E-state index in [-0.39, 0.29) is 6.04 Å². The zero-order chi connectivity index (χ0) is 13.8. The Bertz CT molecular complexity index is 568. The highest BCUT2D eigenvalue weighted by atomic mass is 35.5. The molecule has 3 heteroatoms. The monoisotopic (exact) mass is 275 g/mol. The first-order valence-corrected chi connectivity index (χ1v) is 6.70. The van der Waals surface area contributed by atoms with Crippen LogP contribution >= 0.6 is 11.6 Å². The lowest BCUT2D eigenvalue weighted by atomic mass is 10.1. The minimum Gasteiger partial charge on any atom is -0.455 e. The average Bonchev–Trinajstić information content (AvgIpc) is 2.42. The summed E-state index contributed by atoms with van der Waals surface area (Å²) in [6.45, 7) is 4.12. The van der Waals surface area contributed by atoms with Crippen LogP contribution in [0.25, 0.3) is 0 Å². The topological polar surface area (TPSA) is 21.3 Å². The molecule has 2 rings (SSSR count). The number of rotatable bonds is 4. The van der Waals surface area contributed by atoms with Crippen LogP contribution in [-0.4, -0.2) is 7.05 Å². The van der Waals surface area contributed by atoms with Crippen molar-refractivity contribution >= 4 is 11.6 Å². The normalized spacial score (nSPS) is 12.2. The van der Waals surface area contributed by atoms with Gasteiger partial charge in [0.15, 0.2) is 0 Å². The minimum absolute atomic E-state index is 0.222. The maximum absolute atomic E-state index is 6.17. The Morgan fingerprint density at radius 2 is 1.84 bits per heavy atom. The minimum atomic E-state index is 0.222. The lowest BCUT2D eigenvalue weighted by molar-refractivity contribution is 0.466. The highest BCUT2D eigenvalue weighted by Gasteiger charge is 2.11. The molecular weight excluding hydrogens is 258 g/mol. The van der Waals surface area contributed by atoms with Gasteiger partial charge in [-0.1, -0.05) is 35.9 Å². The zero-order valence-corrected chi connectivity index (χ0v) is 12.2. The van der Waals surface area contributed by atoms with Crippen molar-refractivity contribution in [2.24, 2.45) is 0 Å². The van der Waals surface area contributed by atoms with Crippen molar-refractivity contribution in [2.75, 3.05) is 7.05 Å². The number of halogens is 1. The van der Waals surface area contributed by atoms with Crippen molar-refractivity contribution in [2.45, 2.75) is 19.9 Å². The van der Waals surface area contributed by atoms with Crippen LogP contribution in [0.3, 0.4) is 0 Å². The van der Waals surface area contributed by atoms with Gasteiger partial charge in [-0.15, -0.1) is 0 Å². The van der Waals surface area contributed by atoms with Crippen LogP contribution < -0.4 is 10.1 Å². The van der Waals surface area contributed by atoms with E-state index in [0.717, 1.165) is 16.9 Å². The van der Waals surface area contributed by atoms with Crippen molar-refractivity contribution in [3.63, 3.8) is 0 Å². The maximum Gasteiger partial charge on any atom is 0.146 e. The van der Waals surface area contributed by atoms with Crippen LogP contribution in [0.1, 0.15) is 24.1 Å². The van der Waals surface area contributed by atoms with Gasteiger partial charge in [0.1, 0.15) is 11.5 Å². The molecule has 0 aliphatic heterocycles. The van der Waals surface area contributed by atoms with Crippen LogP contribution in [0, 0.1) is 6.92 Å². The summed E-state index contributed by atoms with van der Waals surface area (Å²) in [5.41, 5.74) is 2.24. The van der Waals surface area contributed by atoms with Crippen LogP contribution in [-0.2, 0) is 0 Å². The second-order valence-electron chi connectivity index (χ2n) is 4.58. The predicted molar refractivity (Wildman–Crippen MR) is 80.2 cm³/mol. The molecule has 0 amide bonds. The summed E-state index contributed by atoms with van der Waals surface area (Å²) in [4.78, 5) is 0. The number of hydrogen-bond donors (Lipinski definition) is 1. The van der Waals surface area contributed by atoms with Crippen molar-refractivity contribution < 1.29 is 4.74 Å². The van der Waals surface area contributed by atoms with E-state index in [2.05, 4.69) is 18.3 Å². The summed E-state index contributed by atoms with van der Waals surface area (Å²) >= 11 is 6.17. The molecule has 0 aliphatic carbocycles. The summed E-state index contributed by atoms with van der Waals surface area (Å²) < 4.78 is 5.97. The summed E-state index contributed by atoms with van der Waals surface area (Å²) in [5.74, 6) is 1.52. The van der Waals surface area contributed by atoms with Gasteiger partial charge in [-0.25, -0.2) is 0 Å². The van der Waals surface area contributed by atoms with E-state index in [9.17, 15) is 0 Å². The van der Waals surface area contributed by atoms with Crippen molar-refractivity contribution in [1.82, 2.24) is 5.32 Å². The van der Waals surface area contributed by atoms with E-state index in [0.29, 0.717) is 10.8 Å². The number of hydrogen-bond acceptors (Lipinski definition) is 2. The lowest BCUT2D eigenvalue weighted by Crippen LogP contribution is -2.13. The third kappa shape index (κ3) is 3.28. The smallest absolute Gasteiger partial charge is 0.146 e. The van der Waals surface area contributed by atoms with Gasteiger partial charge < -0.3 is 10.1 Å². The molecule has 2 aromatic rings. The molecule has 0 aromatic heterocycles. The summed E-state index contributed by atoms with van der Waals surface area (Å²) in [7, 11) is 1.93. The van der Waals surface area contributed by atoms with Gasteiger partial charge in [-0.3, -0.25) is 0 Å². The van der Waals surface area contributed by atoms with Gasteiger partial charge in [-0.2, -0.15) is 0 Å². The third-order valence-corrected chi connectivity index (χ3v) is 3.44. The highest BCUT2D eigenvalue weighted by Crippen LogP contribution is 2.33. The molecular formula is C16H18ClNO. The Labute approximate surface area is 119 Å². The summed E-state index contributed by atoms with van der Waals surface area (Å²) in [5, 5.41) is 3.84. The molecule has 1 unspecified atom stereocenters. The fraction of sp³-hybridized carbons (Fsp3) is 0.250. The van der Waals surface area contributed by atoms with Crippen LogP contribution in [0.4, 0.5) is 0 Å². The number of benzene rings is 2. The predicted octanol–water partition coefficient (Wildman–Crippen LogP) is 4.72. The first-order valence-electron chi connectivity index (χ1n) is 6.32. The van der Waals surface area contributed by atoms with Crippen molar-refractivity contribution in [1.29, 1.82) is 0 Å². The molecule has 100 valence electrons. The first-order chi connectivity index (χ1) is 9.11. The molecule has 1 N–H and O–H groups in total. The third-order valence-electron chi connectivity index (χ3n) is 3.13.